The molecule has 0 radical (unpaired) electrons. The Morgan fingerprint density at radius 1 is 1.69 bits per heavy atom. The lowest BCUT2D eigenvalue weighted by atomic mass is 10.2. The molecule has 1 unspecified atom stereocenters. The summed E-state index contributed by atoms with van der Waals surface area (Å²) in [6, 6.07) is -0.110. The molecule has 1 saturated carbocycles. The zero-order valence-corrected chi connectivity index (χ0v) is 7.53. The molecular weight excluding hydrogens is 164 g/mol. The summed E-state index contributed by atoms with van der Waals surface area (Å²) in [5.41, 5.74) is 5.82. The second kappa shape index (κ2) is 3.30. The van der Waals surface area contributed by atoms with Gasteiger partial charge in [0.25, 0.3) is 0 Å². The molecule has 0 amide bonds. The lowest BCUT2D eigenvalue weighted by Gasteiger charge is -2.01. The van der Waals surface area contributed by atoms with Gasteiger partial charge in [-0.15, -0.1) is 6.58 Å². The second-order valence-corrected chi connectivity index (χ2v) is 3.48. The van der Waals surface area contributed by atoms with Gasteiger partial charge in [-0.25, -0.2) is 4.98 Å². The van der Waals surface area contributed by atoms with Crippen LogP contribution < -0.4 is 5.73 Å². The van der Waals surface area contributed by atoms with Crippen LogP contribution in [0.2, 0.25) is 0 Å². The monoisotopic (exact) mass is 178 g/mol. The van der Waals surface area contributed by atoms with Crippen molar-refractivity contribution < 1.29 is 0 Å². The fourth-order valence-electron chi connectivity index (χ4n) is 1.28. The number of hydrogen-bond donors (Lipinski definition) is 2. The van der Waals surface area contributed by atoms with Crippen molar-refractivity contribution in [2.75, 3.05) is 0 Å². The molecule has 1 atom stereocenters. The summed E-state index contributed by atoms with van der Waals surface area (Å²) in [5, 5.41) is 7.02. The number of nitrogens with zero attached hydrogens (tertiary/aromatic N) is 2. The van der Waals surface area contributed by atoms with Crippen LogP contribution >= 0.6 is 0 Å². The molecule has 3 N–H and O–H groups in total. The maximum Gasteiger partial charge on any atom is 0.167 e. The quantitative estimate of drug-likeness (QED) is 0.682. The van der Waals surface area contributed by atoms with Crippen molar-refractivity contribution in [2.45, 2.75) is 31.2 Å². The van der Waals surface area contributed by atoms with Gasteiger partial charge in [-0.05, 0) is 19.3 Å². The maximum absolute atomic E-state index is 5.82. The molecule has 0 spiro atoms. The summed E-state index contributed by atoms with van der Waals surface area (Å²) >= 11 is 0. The fourth-order valence-corrected chi connectivity index (χ4v) is 1.28. The van der Waals surface area contributed by atoms with Gasteiger partial charge in [0.15, 0.2) is 5.82 Å². The Morgan fingerprint density at radius 2 is 2.46 bits per heavy atom. The van der Waals surface area contributed by atoms with Gasteiger partial charge in [0.05, 0.1) is 6.04 Å². The van der Waals surface area contributed by atoms with Crippen LogP contribution in [0.5, 0.6) is 0 Å². The molecule has 0 saturated heterocycles. The van der Waals surface area contributed by atoms with Crippen molar-refractivity contribution in [1.29, 1.82) is 0 Å². The minimum Gasteiger partial charge on any atom is -0.321 e. The molecule has 1 fully saturated rings. The second-order valence-electron chi connectivity index (χ2n) is 3.48. The molecule has 1 aliphatic carbocycles. The molecule has 4 heteroatoms. The standard InChI is InChI=1S/C9H14N4/c1-2-3-7(10)9-11-8(12-13-9)6-4-5-6/h2,6-7H,1,3-5,10H2,(H,11,12,13). The predicted octanol–water partition coefficient (Wildman–Crippen LogP) is 1.26. The van der Waals surface area contributed by atoms with Crippen molar-refractivity contribution in [3.63, 3.8) is 0 Å². The molecule has 4 nitrogen and oxygen atoms in total. The highest BCUT2D eigenvalue weighted by Crippen LogP contribution is 2.37. The molecule has 1 aliphatic rings. The number of aromatic nitrogens is 3. The third kappa shape index (κ3) is 1.78. The van der Waals surface area contributed by atoms with Crippen molar-refractivity contribution in [3.05, 3.63) is 24.3 Å². The van der Waals surface area contributed by atoms with E-state index in [1.165, 1.54) is 12.8 Å². The van der Waals surface area contributed by atoms with Crippen molar-refractivity contribution in [3.8, 4) is 0 Å². The van der Waals surface area contributed by atoms with Crippen LogP contribution in [-0.2, 0) is 0 Å². The largest absolute Gasteiger partial charge is 0.321 e. The van der Waals surface area contributed by atoms with Crippen LogP contribution in [0.3, 0.4) is 0 Å². The lowest BCUT2D eigenvalue weighted by molar-refractivity contribution is 0.685. The summed E-state index contributed by atoms with van der Waals surface area (Å²) < 4.78 is 0. The number of rotatable bonds is 4. The zero-order valence-electron chi connectivity index (χ0n) is 7.53. The zero-order chi connectivity index (χ0) is 9.26. The van der Waals surface area contributed by atoms with Gasteiger partial charge in [-0.2, -0.15) is 5.10 Å². The van der Waals surface area contributed by atoms with Crippen LogP contribution in [0.4, 0.5) is 0 Å². The normalized spacial score (nSPS) is 18.5. The molecule has 2 rings (SSSR count). The highest BCUT2D eigenvalue weighted by atomic mass is 15.2. The van der Waals surface area contributed by atoms with Gasteiger partial charge in [0, 0.05) is 5.92 Å². The number of H-pyrrole nitrogens is 1. The van der Waals surface area contributed by atoms with Crippen LogP contribution in [0, 0.1) is 0 Å². The smallest absolute Gasteiger partial charge is 0.167 e. The van der Waals surface area contributed by atoms with E-state index in [0.717, 1.165) is 12.2 Å². The van der Waals surface area contributed by atoms with Crippen LogP contribution in [0.1, 0.15) is 42.9 Å². The minimum absolute atomic E-state index is 0.110. The Balaban J connectivity index is 2.07. The average Bonchev–Trinajstić information content (AvgIpc) is 2.84. The fraction of sp³-hybridized carbons (Fsp3) is 0.556. The first-order chi connectivity index (χ1) is 6.31. The van der Waals surface area contributed by atoms with E-state index in [0.29, 0.717) is 11.7 Å². The van der Waals surface area contributed by atoms with Crippen LogP contribution in [-0.4, -0.2) is 15.2 Å². The molecule has 0 aliphatic heterocycles. The third-order valence-corrected chi connectivity index (χ3v) is 2.24. The van der Waals surface area contributed by atoms with Gasteiger partial charge in [0.2, 0.25) is 0 Å². The summed E-state index contributed by atoms with van der Waals surface area (Å²) in [6.45, 7) is 3.63. The highest BCUT2D eigenvalue weighted by molar-refractivity contribution is 5.07. The molecule has 13 heavy (non-hydrogen) atoms. The van der Waals surface area contributed by atoms with Crippen LogP contribution in [0.25, 0.3) is 0 Å². The summed E-state index contributed by atoms with van der Waals surface area (Å²) in [6.07, 6.45) is 4.97. The van der Waals surface area contributed by atoms with Crippen LogP contribution in [0.15, 0.2) is 12.7 Å². The van der Waals surface area contributed by atoms with E-state index >= 15 is 0 Å². The number of aromatic amines is 1. The van der Waals surface area contributed by atoms with E-state index in [9.17, 15) is 0 Å². The van der Waals surface area contributed by atoms with Gasteiger partial charge in [-0.3, -0.25) is 5.10 Å². The van der Waals surface area contributed by atoms with Crippen molar-refractivity contribution >= 4 is 0 Å². The van der Waals surface area contributed by atoms with Gasteiger partial charge in [-0.1, -0.05) is 6.08 Å². The first-order valence-corrected chi connectivity index (χ1v) is 4.60. The van der Waals surface area contributed by atoms with E-state index in [1.54, 1.807) is 6.08 Å². The number of nitrogens with one attached hydrogen (secondary N) is 1. The first-order valence-electron chi connectivity index (χ1n) is 4.60. The van der Waals surface area contributed by atoms with E-state index < -0.39 is 0 Å². The van der Waals surface area contributed by atoms with Gasteiger partial charge in [0.1, 0.15) is 5.82 Å². The lowest BCUT2D eigenvalue weighted by Crippen LogP contribution is -2.10. The van der Waals surface area contributed by atoms with E-state index in [4.69, 9.17) is 5.73 Å². The summed E-state index contributed by atoms with van der Waals surface area (Å²) in [4.78, 5) is 4.35. The molecule has 1 aromatic rings. The molecule has 70 valence electrons. The molecule has 0 bridgehead atoms. The number of nitrogens with two attached hydrogens (primary N) is 1. The number of hydrogen-bond acceptors (Lipinski definition) is 3. The molecule has 0 aromatic carbocycles. The molecule has 1 heterocycles. The minimum atomic E-state index is -0.110. The molecular formula is C9H14N4. The summed E-state index contributed by atoms with van der Waals surface area (Å²) in [7, 11) is 0. The Morgan fingerprint density at radius 3 is 3.08 bits per heavy atom. The SMILES string of the molecule is C=CCC(N)c1n[nH]c(C2CC2)n1. The topological polar surface area (TPSA) is 67.6 Å². The Labute approximate surface area is 77.2 Å². The van der Waals surface area contributed by atoms with Crippen molar-refractivity contribution in [2.24, 2.45) is 5.73 Å². The maximum atomic E-state index is 5.82. The van der Waals surface area contributed by atoms with E-state index in [2.05, 4.69) is 21.8 Å². The van der Waals surface area contributed by atoms with E-state index in [1.807, 2.05) is 0 Å². The summed E-state index contributed by atoms with van der Waals surface area (Å²) in [5.74, 6) is 2.31. The van der Waals surface area contributed by atoms with E-state index in [-0.39, 0.29) is 6.04 Å². The van der Waals surface area contributed by atoms with Gasteiger partial charge < -0.3 is 5.73 Å². The Kier molecular flexibility index (Phi) is 2.14. The van der Waals surface area contributed by atoms with Crippen molar-refractivity contribution in [1.82, 2.24) is 15.2 Å². The van der Waals surface area contributed by atoms with Gasteiger partial charge >= 0.3 is 0 Å². The Hall–Kier alpha value is -1.16. The molecule has 1 aromatic heterocycles. The highest BCUT2D eigenvalue weighted by Gasteiger charge is 2.27. The predicted molar refractivity (Wildman–Crippen MR) is 50.1 cm³/mol. The third-order valence-electron chi connectivity index (χ3n) is 2.24. The first kappa shape index (κ1) is 8.44. The Bertz CT molecular complexity index is 300. The average molecular weight is 178 g/mol.